The third-order valence-electron chi connectivity index (χ3n) is 6.55. The van der Waals surface area contributed by atoms with Crippen molar-refractivity contribution < 1.29 is 4.39 Å². The largest absolute Gasteiger partial charge is 0.352 e. The van der Waals surface area contributed by atoms with Crippen LogP contribution in [0.3, 0.4) is 0 Å². The predicted molar refractivity (Wildman–Crippen MR) is 115 cm³/mol. The van der Waals surface area contributed by atoms with Gasteiger partial charge in [0.2, 0.25) is 5.95 Å². The third-order valence-corrected chi connectivity index (χ3v) is 7.34. The van der Waals surface area contributed by atoms with Crippen molar-refractivity contribution in [3.05, 3.63) is 23.0 Å². The number of anilines is 3. The number of hydrogen-bond acceptors (Lipinski definition) is 8. The zero-order chi connectivity index (χ0) is 20.7. The van der Waals surface area contributed by atoms with Crippen LogP contribution in [0.5, 0.6) is 0 Å². The molecule has 2 fully saturated rings. The van der Waals surface area contributed by atoms with E-state index in [4.69, 9.17) is 9.97 Å². The molecular formula is C21H26FN7S. The summed E-state index contributed by atoms with van der Waals surface area (Å²) in [6.07, 6.45) is 3.98. The van der Waals surface area contributed by atoms with Gasteiger partial charge < -0.3 is 10.2 Å². The monoisotopic (exact) mass is 427 g/mol. The molecule has 9 heteroatoms. The third kappa shape index (κ3) is 3.52. The molecule has 2 saturated heterocycles. The molecule has 0 unspecified atom stereocenters. The zero-order valence-corrected chi connectivity index (χ0v) is 18.0. The predicted octanol–water partition coefficient (Wildman–Crippen LogP) is 3.38. The van der Waals surface area contributed by atoms with Gasteiger partial charge in [0, 0.05) is 31.7 Å². The molecule has 1 aliphatic carbocycles. The zero-order valence-electron chi connectivity index (χ0n) is 17.2. The first-order valence-corrected chi connectivity index (χ1v) is 11.4. The minimum Gasteiger partial charge on any atom is -0.352 e. The van der Waals surface area contributed by atoms with E-state index in [2.05, 4.69) is 25.6 Å². The second-order valence-corrected chi connectivity index (χ2v) is 9.49. The van der Waals surface area contributed by atoms with Crippen LogP contribution in [0.4, 0.5) is 21.2 Å². The number of likely N-dealkylation sites (tertiary alicyclic amines) is 1. The molecule has 30 heavy (non-hydrogen) atoms. The summed E-state index contributed by atoms with van der Waals surface area (Å²) in [7, 11) is 0. The lowest BCUT2D eigenvalue weighted by Gasteiger charge is -2.57. The van der Waals surface area contributed by atoms with Crippen molar-refractivity contribution in [1.82, 2.24) is 19.2 Å². The second-order valence-electron chi connectivity index (χ2n) is 8.68. The van der Waals surface area contributed by atoms with E-state index in [9.17, 15) is 9.65 Å². The summed E-state index contributed by atoms with van der Waals surface area (Å²) in [5, 5.41) is 13.7. The molecule has 3 aliphatic rings. The number of halogens is 1. The fourth-order valence-corrected chi connectivity index (χ4v) is 5.63. The van der Waals surface area contributed by atoms with Gasteiger partial charge in [0.25, 0.3) is 0 Å². The molecule has 2 aromatic heterocycles. The molecule has 0 spiro atoms. The second kappa shape index (κ2) is 7.75. The lowest BCUT2D eigenvalue weighted by Crippen LogP contribution is -2.71. The van der Waals surface area contributed by atoms with Crippen molar-refractivity contribution in [1.29, 1.82) is 5.26 Å². The van der Waals surface area contributed by atoms with Gasteiger partial charge in [0.15, 0.2) is 0 Å². The Balaban J connectivity index is 1.38. The first-order chi connectivity index (χ1) is 14.6. The number of aromatic nitrogens is 3. The van der Waals surface area contributed by atoms with Gasteiger partial charge in [-0.05, 0) is 56.6 Å². The number of aryl methyl sites for hydroxylation is 2. The standard InChI is InChI=1S/C21H26FN7S/c1-14-11-18(30-27-14)25-20-24-17-4-2-3-16(17)19(26-20)28-12-21(13-28,7-8-23)29-9-5-15(22)6-10-29/h11,15H,2-7,9-10,12-13H2,1H3,(H,24,25,26). The highest BCUT2D eigenvalue weighted by molar-refractivity contribution is 7.10. The molecule has 2 aliphatic heterocycles. The fraction of sp³-hybridized carbons (Fsp3) is 0.619. The van der Waals surface area contributed by atoms with Gasteiger partial charge in [0.1, 0.15) is 17.0 Å². The molecule has 2 aromatic rings. The van der Waals surface area contributed by atoms with Gasteiger partial charge in [-0.1, -0.05) is 0 Å². The minimum atomic E-state index is -0.703. The first kappa shape index (κ1) is 19.6. The molecule has 0 radical (unpaired) electrons. The normalized spacial score (nSPS) is 21.2. The number of alkyl halides is 1. The van der Waals surface area contributed by atoms with E-state index in [1.165, 1.54) is 17.1 Å². The maximum atomic E-state index is 13.6. The molecule has 1 N–H and O–H groups in total. The van der Waals surface area contributed by atoms with Crippen LogP contribution in [0.15, 0.2) is 6.07 Å². The van der Waals surface area contributed by atoms with E-state index in [0.29, 0.717) is 25.2 Å². The van der Waals surface area contributed by atoms with Crippen molar-refractivity contribution >= 4 is 28.3 Å². The summed E-state index contributed by atoms with van der Waals surface area (Å²) in [6.45, 7) is 4.96. The van der Waals surface area contributed by atoms with Crippen molar-refractivity contribution in [3.63, 3.8) is 0 Å². The lowest BCUT2D eigenvalue weighted by molar-refractivity contribution is 0.0227. The van der Waals surface area contributed by atoms with E-state index < -0.39 is 6.17 Å². The van der Waals surface area contributed by atoms with Crippen molar-refractivity contribution in [2.24, 2.45) is 0 Å². The highest BCUT2D eigenvalue weighted by Gasteiger charge is 2.49. The number of fused-ring (bicyclic) bond motifs is 1. The van der Waals surface area contributed by atoms with Crippen LogP contribution in [0.2, 0.25) is 0 Å². The van der Waals surface area contributed by atoms with Gasteiger partial charge in [-0.15, -0.1) is 0 Å². The molecule has 0 amide bonds. The Morgan fingerprint density at radius 1 is 1.30 bits per heavy atom. The maximum Gasteiger partial charge on any atom is 0.230 e. The molecule has 0 bridgehead atoms. The fourth-order valence-electron chi connectivity index (χ4n) is 4.97. The molecule has 0 aromatic carbocycles. The van der Waals surface area contributed by atoms with Crippen LogP contribution in [-0.4, -0.2) is 57.1 Å². The highest BCUT2D eigenvalue weighted by atomic mass is 32.1. The quantitative estimate of drug-likeness (QED) is 0.783. The van der Waals surface area contributed by atoms with E-state index in [0.717, 1.165) is 67.6 Å². The molecular weight excluding hydrogens is 401 g/mol. The van der Waals surface area contributed by atoms with E-state index in [1.807, 2.05) is 13.0 Å². The molecule has 5 rings (SSSR count). The van der Waals surface area contributed by atoms with Crippen LogP contribution in [-0.2, 0) is 12.8 Å². The number of hydrogen-bond donors (Lipinski definition) is 1. The Kier molecular flexibility index (Phi) is 5.07. The number of nitriles is 1. The average molecular weight is 428 g/mol. The Morgan fingerprint density at radius 2 is 2.10 bits per heavy atom. The SMILES string of the molecule is Cc1cc(Nc2nc3c(c(N4CC(CC#N)(N5CCC(F)CC5)C4)n2)CCC3)sn1. The molecule has 4 heterocycles. The average Bonchev–Trinajstić information content (AvgIpc) is 3.33. The minimum absolute atomic E-state index is 0.187. The van der Waals surface area contributed by atoms with Crippen molar-refractivity contribution in [2.75, 3.05) is 36.4 Å². The maximum absolute atomic E-state index is 13.6. The summed E-state index contributed by atoms with van der Waals surface area (Å²) < 4.78 is 18.0. The Bertz CT molecular complexity index is 970. The molecule has 0 saturated carbocycles. The summed E-state index contributed by atoms with van der Waals surface area (Å²) in [5.74, 6) is 1.61. The Hall–Kier alpha value is -2.31. The van der Waals surface area contributed by atoms with E-state index >= 15 is 0 Å². The summed E-state index contributed by atoms with van der Waals surface area (Å²) >= 11 is 1.41. The van der Waals surface area contributed by atoms with Crippen LogP contribution >= 0.6 is 11.5 Å². The number of rotatable bonds is 5. The number of piperidine rings is 1. The van der Waals surface area contributed by atoms with Gasteiger partial charge in [-0.25, -0.2) is 9.37 Å². The number of nitrogens with one attached hydrogen (secondary N) is 1. The Morgan fingerprint density at radius 3 is 2.80 bits per heavy atom. The number of nitrogens with zero attached hydrogens (tertiary/aromatic N) is 6. The van der Waals surface area contributed by atoms with Crippen LogP contribution in [0.1, 0.15) is 42.6 Å². The Labute approximate surface area is 180 Å². The molecule has 7 nitrogen and oxygen atoms in total. The van der Waals surface area contributed by atoms with Crippen molar-refractivity contribution in [2.45, 2.75) is 57.2 Å². The topological polar surface area (TPSA) is 81.0 Å². The van der Waals surface area contributed by atoms with Gasteiger partial charge >= 0.3 is 0 Å². The van der Waals surface area contributed by atoms with Crippen LogP contribution < -0.4 is 10.2 Å². The summed E-state index contributed by atoms with van der Waals surface area (Å²) in [6, 6.07) is 4.37. The lowest BCUT2D eigenvalue weighted by atomic mass is 9.82. The summed E-state index contributed by atoms with van der Waals surface area (Å²) in [5.41, 5.74) is 3.16. The van der Waals surface area contributed by atoms with E-state index in [1.54, 1.807) is 0 Å². The smallest absolute Gasteiger partial charge is 0.230 e. The van der Waals surface area contributed by atoms with E-state index in [-0.39, 0.29) is 5.54 Å². The van der Waals surface area contributed by atoms with Crippen molar-refractivity contribution in [3.8, 4) is 6.07 Å². The van der Waals surface area contributed by atoms with Gasteiger partial charge in [-0.2, -0.15) is 14.6 Å². The highest BCUT2D eigenvalue weighted by Crippen LogP contribution is 2.40. The van der Waals surface area contributed by atoms with Crippen LogP contribution in [0, 0.1) is 18.3 Å². The van der Waals surface area contributed by atoms with Crippen LogP contribution in [0.25, 0.3) is 0 Å². The van der Waals surface area contributed by atoms with Gasteiger partial charge in [0.05, 0.1) is 29.4 Å². The molecule has 158 valence electrons. The molecule has 0 atom stereocenters. The summed E-state index contributed by atoms with van der Waals surface area (Å²) in [4.78, 5) is 14.3. The van der Waals surface area contributed by atoms with Gasteiger partial charge in [-0.3, -0.25) is 4.90 Å². The first-order valence-electron chi connectivity index (χ1n) is 10.7.